The maximum atomic E-state index is 13.5. The average molecular weight is 443 g/mol. The normalized spacial score (nSPS) is 14.0. The van der Waals surface area contributed by atoms with Crippen LogP contribution in [0.4, 0.5) is 23.5 Å². The summed E-state index contributed by atoms with van der Waals surface area (Å²) in [5, 5.41) is 7.75. The summed E-state index contributed by atoms with van der Waals surface area (Å²) in [4.78, 5) is 8.84. The van der Waals surface area contributed by atoms with E-state index in [0.717, 1.165) is 12.8 Å². The van der Waals surface area contributed by atoms with E-state index in [-0.39, 0.29) is 5.88 Å². The molecule has 4 aromatic rings. The summed E-state index contributed by atoms with van der Waals surface area (Å²) in [7, 11) is 0. The monoisotopic (exact) mass is 443 g/mol. The molecule has 0 aliphatic heterocycles. The van der Waals surface area contributed by atoms with E-state index in [1.54, 1.807) is 36.5 Å². The SMILES string of the molecule is Fc1ccc(-c2nn3c(OCC(F)(F)F)cccc3c2-c2ccnc(NC3CC3)n2)cc1. The molecule has 164 valence electrons. The fourth-order valence-electron chi connectivity index (χ4n) is 3.35. The van der Waals surface area contributed by atoms with Crippen LogP contribution in [0.5, 0.6) is 5.88 Å². The number of alkyl halides is 3. The molecular weight excluding hydrogens is 426 g/mol. The smallest absolute Gasteiger partial charge is 0.422 e. The number of nitrogens with one attached hydrogen (secondary N) is 1. The van der Waals surface area contributed by atoms with Gasteiger partial charge in [-0.3, -0.25) is 0 Å². The number of hydrogen-bond acceptors (Lipinski definition) is 5. The average Bonchev–Trinajstić information content (AvgIpc) is 3.48. The molecule has 0 spiro atoms. The van der Waals surface area contributed by atoms with Crippen molar-refractivity contribution in [3.63, 3.8) is 0 Å². The molecular formula is C22H17F4N5O. The van der Waals surface area contributed by atoms with E-state index in [1.165, 1.54) is 22.7 Å². The first-order valence-electron chi connectivity index (χ1n) is 9.94. The molecule has 1 aliphatic carbocycles. The summed E-state index contributed by atoms with van der Waals surface area (Å²) in [6.07, 6.45) is -0.793. The van der Waals surface area contributed by atoms with Gasteiger partial charge < -0.3 is 10.1 Å². The standard InChI is InChI=1S/C22H17F4N5O/c23-14-6-4-13(5-7-14)20-19(16-10-11-27-21(29-16)28-15-8-9-15)17-2-1-3-18(31(17)30-20)32-12-22(24,25)26/h1-7,10-11,15H,8-9,12H2,(H,27,28,29). The molecule has 3 heterocycles. The first-order valence-corrected chi connectivity index (χ1v) is 9.94. The Balaban J connectivity index is 1.67. The third-order valence-electron chi connectivity index (χ3n) is 4.95. The Labute approximate surface area is 179 Å². The second kappa shape index (κ2) is 7.77. The van der Waals surface area contributed by atoms with Gasteiger partial charge in [0.2, 0.25) is 11.8 Å². The van der Waals surface area contributed by atoms with Crippen molar-refractivity contribution in [3.05, 3.63) is 60.5 Å². The van der Waals surface area contributed by atoms with E-state index in [4.69, 9.17) is 4.74 Å². The zero-order chi connectivity index (χ0) is 22.3. The van der Waals surface area contributed by atoms with Crippen molar-refractivity contribution in [1.82, 2.24) is 19.6 Å². The Hall–Kier alpha value is -3.69. The molecule has 5 rings (SSSR count). The highest BCUT2D eigenvalue weighted by molar-refractivity contribution is 5.91. The molecule has 0 radical (unpaired) electrons. The fraction of sp³-hybridized carbons (Fsp3) is 0.227. The van der Waals surface area contributed by atoms with Crippen LogP contribution in [0.25, 0.3) is 28.0 Å². The summed E-state index contributed by atoms with van der Waals surface area (Å²) in [6.45, 7) is -1.45. The summed E-state index contributed by atoms with van der Waals surface area (Å²) in [6, 6.07) is 12.5. The Morgan fingerprint density at radius 3 is 2.56 bits per heavy atom. The van der Waals surface area contributed by atoms with Crippen molar-refractivity contribution in [2.24, 2.45) is 0 Å². The Morgan fingerprint density at radius 2 is 1.84 bits per heavy atom. The number of ether oxygens (including phenoxy) is 1. The molecule has 0 bridgehead atoms. The molecule has 0 amide bonds. The third-order valence-corrected chi connectivity index (χ3v) is 4.95. The number of hydrogen-bond donors (Lipinski definition) is 1. The first-order chi connectivity index (χ1) is 15.4. The highest BCUT2D eigenvalue weighted by atomic mass is 19.4. The predicted octanol–water partition coefficient (Wildman–Crippen LogP) is 5.11. The lowest BCUT2D eigenvalue weighted by atomic mass is 10.0. The van der Waals surface area contributed by atoms with E-state index < -0.39 is 18.6 Å². The fourth-order valence-corrected chi connectivity index (χ4v) is 3.35. The Morgan fingerprint density at radius 1 is 1.06 bits per heavy atom. The van der Waals surface area contributed by atoms with Crippen LogP contribution in [0.2, 0.25) is 0 Å². The van der Waals surface area contributed by atoms with Gasteiger partial charge in [0.05, 0.1) is 16.8 Å². The van der Waals surface area contributed by atoms with Crippen LogP contribution in [0.15, 0.2) is 54.7 Å². The van der Waals surface area contributed by atoms with Crippen LogP contribution in [0.3, 0.4) is 0 Å². The van der Waals surface area contributed by atoms with E-state index in [9.17, 15) is 17.6 Å². The predicted molar refractivity (Wildman–Crippen MR) is 110 cm³/mol. The molecule has 32 heavy (non-hydrogen) atoms. The minimum Gasteiger partial charge on any atom is -0.468 e. The Bertz CT molecular complexity index is 1270. The van der Waals surface area contributed by atoms with Crippen LogP contribution >= 0.6 is 0 Å². The molecule has 3 aromatic heterocycles. The van der Waals surface area contributed by atoms with E-state index in [1.807, 2.05) is 0 Å². The van der Waals surface area contributed by atoms with Gasteiger partial charge in [0, 0.05) is 23.9 Å². The number of rotatable bonds is 6. The number of fused-ring (bicyclic) bond motifs is 1. The highest BCUT2D eigenvalue weighted by Crippen LogP contribution is 2.36. The summed E-state index contributed by atoms with van der Waals surface area (Å²) < 4.78 is 58.0. The minimum absolute atomic E-state index is 0.0696. The maximum Gasteiger partial charge on any atom is 0.422 e. The largest absolute Gasteiger partial charge is 0.468 e. The molecule has 1 aromatic carbocycles. The minimum atomic E-state index is -4.49. The van der Waals surface area contributed by atoms with Gasteiger partial charge in [0.1, 0.15) is 11.5 Å². The topological polar surface area (TPSA) is 64.3 Å². The van der Waals surface area contributed by atoms with Gasteiger partial charge >= 0.3 is 6.18 Å². The zero-order valence-corrected chi connectivity index (χ0v) is 16.6. The first kappa shape index (κ1) is 20.2. The number of nitrogens with zero attached hydrogens (tertiary/aromatic N) is 4. The molecule has 1 aliphatic rings. The molecule has 6 nitrogen and oxygen atoms in total. The van der Waals surface area contributed by atoms with Crippen molar-refractivity contribution in [2.75, 3.05) is 11.9 Å². The second-order valence-corrected chi connectivity index (χ2v) is 7.48. The second-order valence-electron chi connectivity index (χ2n) is 7.48. The third kappa shape index (κ3) is 4.20. The number of pyridine rings is 1. The molecule has 1 saturated carbocycles. The van der Waals surface area contributed by atoms with Gasteiger partial charge in [-0.2, -0.15) is 22.8 Å². The van der Waals surface area contributed by atoms with Gasteiger partial charge in [-0.05, 0) is 49.2 Å². The van der Waals surface area contributed by atoms with E-state index in [0.29, 0.717) is 40.0 Å². The van der Waals surface area contributed by atoms with Crippen molar-refractivity contribution in [3.8, 4) is 28.4 Å². The quantitative estimate of drug-likeness (QED) is 0.420. The van der Waals surface area contributed by atoms with Gasteiger partial charge in [-0.25, -0.2) is 14.4 Å². The number of aromatic nitrogens is 4. The van der Waals surface area contributed by atoms with Gasteiger partial charge in [0.15, 0.2) is 6.61 Å². The van der Waals surface area contributed by atoms with Gasteiger partial charge in [0.25, 0.3) is 0 Å². The van der Waals surface area contributed by atoms with Crippen molar-refractivity contribution < 1.29 is 22.3 Å². The van der Waals surface area contributed by atoms with E-state index in [2.05, 4.69) is 20.4 Å². The maximum absolute atomic E-state index is 13.5. The van der Waals surface area contributed by atoms with Crippen molar-refractivity contribution in [2.45, 2.75) is 25.1 Å². The molecule has 0 saturated heterocycles. The number of halogens is 4. The highest BCUT2D eigenvalue weighted by Gasteiger charge is 2.29. The van der Waals surface area contributed by atoms with Crippen LogP contribution < -0.4 is 10.1 Å². The van der Waals surface area contributed by atoms with Crippen LogP contribution in [0, 0.1) is 5.82 Å². The van der Waals surface area contributed by atoms with Crippen molar-refractivity contribution in [1.29, 1.82) is 0 Å². The van der Waals surface area contributed by atoms with Crippen LogP contribution in [-0.4, -0.2) is 38.4 Å². The lowest BCUT2D eigenvalue weighted by Gasteiger charge is -2.10. The molecule has 0 atom stereocenters. The number of benzene rings is 1. The lowest BCUT2D eigenvalue weighted by molar-refractivity contribution is -0.154. The summed E-state index contributed by atoms with van der Waals surface area (Å²) in [5.74, 6) is -0.0232. The van der Waals surface area contributed by atoms with Crippen LogP contribution in [0.1, 0.15) is 12.8 Å². The number of anilines is 1. The summed E-state index contributed by atoms with van der Waals surface area (Å²) >= 11 is 0. The van der Waals surface area contributed by atoms with E-state index >= 15 is 0 Å². The molecule has 1 fully saturated rings. The zero-order valence-electron chi connectivity index (χ0n) is 16.6. The molecule has 10 heteroatoms. The Kier molecular flexibility index (Phi) is 4.91. The van der Waals surface area contributed by atoms with Gasteiger partial charge in [-0.1, -0.05) is 6.07 Å². The molecule has 0 unspecified atom stereocenters. The van der Waals surface area contributed by atoms with Gasteiger partial charge in [-0.15, -0.1) is 0 Å². The lowest BCUT2D eigenvalue weighted by Crippen LogP contribution is -2.20. The van der Waals surface area contributed by atoms with Crippen molar-refractivity contribution >= 4 is 11.5 Å². The molecule has 1 N–H and O–H groups in total. The van der Waals surface area contributed by atoms with Crippen LogP contribution in [-0.2, 0) is 0 Å². The summed E-state index contributed by atoms with van der Waals surface area (Å²) in [5.41, 5.74) is 2.63.